The zero-order valence-corrected chi connectivity index (χ0v) is 12.0. The Bertz CT molecular complexity index is 406. The lowest BCUT2D eigenvalue weighted by Crippen LogP contribution is -2.55. The van der Waals surface area contributed by atoms with E-state index in [2.05, 4.69) is 4.74 Å². The summed E-state index contributed by atoms with van der Waals surface area (Å²) < 4.78 is 4.64. The second kappa shape index (κ2) is 5.33. The number of methoxy groups -OCH3 is 1. The molecule has 112 valence electrons. The minimum Gasteiger partial charge on any atom is -0.468 e. The van der Waals surface area contributed by atoms with E-state index in [1.54, 1.807) is 4.90 Å². The minimum absolute atomic E-state index is 0.00379. The first-order valence-corrected chi connectivity index (χ1v) is 7.45. The van der Waals surface area contributed by atoms with Gasteiger partial charge >= 0.3 is 5.97 Å². The maximum absolute atomic E-state index is 12.5. The van der Waals surface area contributed by atoms with Crippen LogP contribution in [0.5, 0.6) is 0 Å². The zero-order chi connectivity index (χ0) is 14.2. The monoisotopic (exact) mass is 282 g/mol. The third kappa shape index (κ3) is 2.42. The molecule has 1 saturated carbocycles. The molecule has 0 aromatic heterocycles. The molecule has 0 bridgehead atoms. The highest BCUT2D eigenvalue weighted by molar-refractivity contribution is 5.86. The van der Waals surface area contributed by atoms with E-state index >= 15 is 0 Å². The Morgan fingerprint density at radius 1 is 1.35 bits per heavy atom. The van der Waals surface area contributed by atoms with E-state index in [9.17, 15) is 9.59 Å². The number of fused-ring (bicyclic) bond motifs is 1. The van der Waals surface area contributed by atoms with Crippen LogP contribution in [-0.2, 0) is 19.2 Å². The summed E-state index contributed by atoms with van der Waals surface area (Å²) in [5.74, 6) is -0.359. The summed E-state index contributed by atoms with van der Waals surface area (Å²) in [6.45, 7) is 1.25. The van der Waals surface area contributed by atoms with Crippen LogP contribution in [0.2, 0.25) is 0 Å². The molecule has 6 nitrogen and oxygen atoms in total. The lowest BCUT2D eigenvalue weighted by atomic mass is 9.81. The summed E-state index contributed by atoms with van der Waals surface area (Å²) >= 11 is 0. The predicted octanol–water partition coefficient (Wildman–Crippen LogP) is 0.710. The van der Waals surface area contributed by atoms with Gasteiger partial charge in [-0.05, 0) is 12.8 Å². The summed E-state index contributed by atoms with van der Waals surface area (Å²) in [4.78, 5) is 31.5. The number of piperazine rings is 1. The highest BCUT2D eigenvalue weighted by Gasteiger charge is 2.51. The van der Waals surface area contributed by atoms with Gasteiger partial charge < -0.3 is 9.64 Å². The van der Waals surface area contributed by atoms with Gasteiger partial charge in [0.1, 0.15) is 12.6 Å². The summed E-state index contributed by atoms with van der Waals surface area (Å²) in [5.41, 5.74) is -0.125. The van der Waals surface area contributed by atoms with Gasteiger partial charge in [-0.3, -0.25) is 14.4 Å². The molecule has 0 aromatic carbocycles. The third-order valence-corrected chi connectivity index (χ3v) is 4.72. The molecule has 1 aliphatic carbocycles. The third-order valence-electron chi connectivity index (χ3n) is 4.72. The number of rotatable bonds is 2. The molecule has 2 saturated heterocycles. The molecule has 0 aromatic rings. The van der Waals surface area contributed by atoms with Crippen molar-refractivity contribution in [2.75, 3.05) is 26.7 Å². The van der Waals surface area contributed by atoms with Crippen molar-refractivity contribution in [2.45, 2.75) is 50.2 Å². The van der Waals surface area contributed by atoms with Crippen molar-refractivity contribution >= 4 is 11.9 Å². The summed E-state index contributed by atoms with van der Waals surface area (Å²) in [6, 6.07) is -0.216. The number of esters is 1. The summed E-state index contributed by atoms with van der Waals surface area (Å²) in [6.07, 6.45) is 6.48. The van der Waals surface area contributed by atoms with Crippen LogP contribution >= 0.6 is 0 Å². The first kappa shape index (κ1) is 13.8. The van der Waals surface area contributed by atoms with Crippen LogP contribution in [0, 0.1) is 0 Å². The van der Waals surface area contributed by atoms with Gasteiger partial charge in [0.15, 0.2) is 0 Å². The van der Waals surface area contributed by atoms with E-state index in [0.29, 0.717) is 13.1 Å². The molecule has 2 heterocycles. The number of hydrogen-bond donors (Lipinski definition) is 0. The summed E-state index contributed by atoms with van der Waals surface area (Å²) in [7, 11) is 1.35. The molecule has 3 fully saturated rings. The van der Waals surface area contributed by atoms with E-state index in [1.165, 1.54) is 26.4 Å². The molecule has 0 radical (unpaired) electrons. The van der Waals surface area contributed by atoms with Crippen LogP contribution in [0.4, 0.5) is 0 Å². The van der Waals surface area contributed by atoms with Gasteiger partial charge in [-0.15, -0.1) is 0 Å². The second-order valence-corrected chi connectivity index (χ2v) is 6.03. The molecule has 20 heavy (non-hydrogen) atoms. The van der Waals surface area contributed by atoms with Crippen LogP contribution in [0.15, 0.2) is 0 Å². The fraction of sp³-hybridized carbons (Fsp3) is 0.857. The van der Waals surface area contributed by atoms with Crippen molar-refractivity contribution in [3.63, 3.8) is 0 Å². The highest BCUT2D eigenvalue weighted by Crippen LogP contribution is 2.43. The van der Waals surface area contributed by atoms with E-state index in [-0.39, 0.29) is 30.1 Å². The Morgan fingerprint density at radius 2 is 2.10 bits per heavy atom. The van der Waals surface area contributed by atoms with Crippen LogP contribution in [-0.4, -0.2) is 60.2 Å². The first-order chi connectivity index (χ1) is 9.63. The van der Waals surface area contributed by atoms with Crippen molar-refractivity contribution < 1.29 is 19.2 Å². The zero-order valence-electron chi connectivity index (χ0n) is 12.0. The standard InChI is InChI=1S/C14H22N2O4/c1-19-12(17)10-15-7-8-16-11(13(15)18)9-14(20-16)5-3-2-4-6-14/h11H,2-10H2,1H3. The van der Waals surface area contributed by atoms with Crippen molar-refractivity contribution in [3.8, 4) is 0 Å². The Hall–Kier alpha value is -1.14. The van der Waals surface area contributed by atoms with Crippen LogP contribution in [0.1, 0.15) is 38.5 Å². The van der Waals surface area contributed by atoms with E-state index < -0.39 is 0 Å². The first-order valence-electron chi connectivity index (χ1n) is 7.45. The van der Waals surface area contributed by atoms with Gasteiger partial charge in [-0.1, -0.05) is 19.3 Å². The average molecular weight is 282 g/mol. The maximum Gasteiger partial charge on any atom is 0.325 e. The van der Waals surface area contributed by atoms with Gasteiger partial charge in [0.05, 0.1) is 12.7 Å². The molecule has 3 aliphatic rings. The number of ether oxygens (including phenoxy) is 1. The number of amides is 1. The molecule has 2 aliphatic heterocycles. The van der Waals surface area contributed by atoms with Gasteiger partial charge in [0.2, 0.25) is 5.91 Å². The smallest absolute Gasteiger partial charge is 0.325 e. The lowest BCUT2D eigenvalue weighted by Gasteiger charge is -2.35. The Kier molecular flexibility index (Phi) is 3.69. The SMILES string of the molecule is COC(=O)CN1CCN2OC3(CCCCC3)CC2C1=O. The Labute approximate surface area is 118 Å². The van der Waals surface area contributed by atoms with Crippen LogP contribution in [0.3, 0.4) is 0 Å². The number of hydrogen-bond acceptors (Lipinski definition) is 5. The lowest BCUT2D eigenvalue weighted by molar-refractivity contribution is -0.224. The van der Waals surface area contributed by atoms with Gasteiger partial charge in [-0.2, -0.15) is 5.06 Å². The quantitative estimate of drug-likeness (QED) is 0.698. The number of carbonyl (C=O) groups is 2. The molecule has 1 spiro atoms. The fourth-order valence-corrected chi connectivity index (χ4v) is 3.62. The van der Waals surface area contributed by atoms with Crippen molar-refractivity contribution in [3.05, 3.63) is 0 Å². The molecule has 6 heteroatoms. The van der Waals surface area contributed by atoms with Gasteiger partial charge in [0.25, 0.3) is 0 Å². The molecule has 3 rings (SSSR count). The maximum atomic E-state index is 12.5. The average Bonchev–Trinajstić information content (AvgIpc) is 2.81. The van der Waals surface area contributed by atoms with Crippen LogP contribution in [0.25, 0.3) is 0 Å². The highest BCUT2D eigenvalue weighted by atomic mass is 16.7. The minimum atomic E-state index is -0.363. The van der Waals surface area contributed by atoms with Crippen LogP contribution < -0.4 is 0 Å². The Morgan fingerprint density at radius 3 is 2.80 bits per heavy atom. The molecule has 1 atom stereocenters. The largest absolute Gasteiger partial charge is 0.468 e. The van der Waals surface area contributed by atoms with E-state index in [1.807, 2.05) is 5.06 Å². The van der Waals surface area contributed by atoms with Crippen molar-refractivity contribution in [1.29, 1.82) is 0 Å². The van der Waals surface area contributed by atoms with E-state index in [4.69, 9.17) is 4.84 Å². The van der Waals surface area contributed by atoms with Gasteiger partial charge in [-0.25, -0.2) is 0 Å². The van der Waals surface area contributed by atoms with E-state index in [0.717, 1.165) is 19.3 Å². The van der Waals surface area contributed by atoms with Crippen molar-refractivity contribution in [1.82, 2.24) is 9.96 Å². The van der Waals surface area contributed by atoms with Crippen molar-refractivity contribution in [2.24, 2.45) is 0 Å². The Balaban J connectivity index is 1.67. The topological polar surface area (TPSA) is 59.1 Å². The number of carbonyl (C=O) groups excluding carboxylic acids is 2. The fourth-order valence-electron chi connectivity index (χ4n) is 3.62. The normalized spacial score (nSPS) is 29.6. The molecule has 1 amide bonds. The molecule has 0 N–H and O–H groups in total. The predicted molar refractivity (Wildman–Crippen MR) is 70.6 cm³/mol. The summed E-state index contributed by atoms with van der Waals surface area (Å²) in [5, 5.41) is 1.85. The molecular weight excluding hydrogens is 260 g/mol. The number of hydroxylamine groups is 2. The molecular formula is C14H22N2O4. The number of nitrogens with zero attached hydrogens (tertiary/aromatic N) is 2. The second-order valence-electron chi connectivity index (χ2n) is 6.03. The van der Waals surface area contributed by atoms with Gasteiger partial charge in [0, 0.05) is 19.5 Å². The molecule has 1 unspecified atom stereocenters.